The largest absolute Gasteiger partial charge is 0.468 e. The van der Waals surface area contributed by atoms with E-state index in [-0.39, 0.29) is 12.3 Å². The molecule has 0 aromatic carbocycles. The Morgan fingerprint density at radius 3 is 2.80 bits per heavy atom. The number of esters is 1. The molecule has 0 saturated heterocycles. The van der Waals surface area contributed by atoms with Crippen molar-refractivity contribution in [1.29, 1.82) is 0 Å². The molecule has 0 fully saturated rings. The minimum Gasteiger partial charge on any atom is -0.468 e. The predicted octanol–water partition coefficient (Wildman–Crippen LogP) is 0.904. The summed E-state index contributed by atoms with van der Waals surface area (Å²) in [4.78, 5) is 22.1. The quantitative estimate of drug-likeness (QED) is 0.613. The standard InChI is InChI=1S/C9H11NO4S/c1-13-7(11)5-10-9(12)6-3-4-8(14-6)15-2/h3-4H,5H2,1-2H3,(H,10,12). The van der Waals surface area contributed by atoms with E-state index >= 15 is 0 Å². The van der Waals surface area contributed by atoms with E-state index in [0.29, 0.717) is 5.09 Å². The van der Waals surface area contributed by atoms with Crippen LogP contribution in [0.1, 0.15) is 10.6 Å². The second-order valence-electron chi connectivity index (χ2n) is 2.58. The van der Waals surface area contributed by atoms with E-state index in [1.54, 1.807) is 12.1 Å². The molecule has 0 saturated carbocycles. The fourth-order valence-corrected chi connectivity index (χ4v) is 1.24. The Morgan fingerprint density at radius 1 is 1.53 bits per heavy atom. The van der Waals surface area contributed by atoms with Crippen LogP contribution in [0.3, 0.4) is 0 Å². The monoisotopic (exact) mass is 229 g/mol. The van der Waals surface area contributed by atoms with Crippen molar-refractivity contribution in [1.82, 2.24) is 5.32 Å². The molecule has 6 heteroatoms. The highest BCUT2D eigenvalue weighted by Crippen LogP contribution is 2.17. The fourth-order valence-electron chi connectivity index (χ4n) is 0.864. The molecule has 0 bridgehead atoms. The first-order chi connectivity index (χ1) is 7.17. The van der Waals surface area contributed by atoms with Gasteiger partial charge in [0, 0.05) is 0 Å². The Kier molecular flexibility index (Phi) is 4.23. The summed E-state index contributed by atoms with van der Waals surface area (Å²) in [5.74, 6) is -0.746. The zero-order valence-corrected chi connectivity index (χ0v) is 9.22. The van der Waals surface area contributed by atoms with Crippen LogP contribution in [0, 0.1) is 0 Å². The van der Waals surface area contributed by atoms with Gasteiger partial charge in [0.05, 0.1) is 7.11 Å². The van der Waals surface area contributed by atoms with Gasteiger partial charge >= 0.3 is 5.97 Å². The van der Waals surface area contributed by atoms with Crippen molar-refractivity contribution in [2.45, 2.75) is 5.09 Å². The summed E-state index contributed by atoms with van der Waals surface area (Å²) in [6.45, 7) is -0.162. The summed E-state index contributed by atoms with van der Waals surface area (Å²) >= 11 is 1.40. The predicted molar refractivity (Wildman–Crippen MR) is 54.8 cm³/mol. The Bertz CT molecular complexity index is 361. The SMILES string of the molecule is COC(=O)CNC(=O)c1ccc(SC)o1. The lowest BCUT2D eigenvalue weighted by molar-refractivity contribution is -0.139. The first kappa shape index (κ1) is 11.6. The topological polar surface area (TPSA) is 68.5 Å². The van der Waals surface area contributed by atoms with Crippen LogP contribution in [-0.4, -0.2) is 31.8 Å². The molecule has 0 radical (unpaired) electrons. The normalized spacial score (nSPS) is 9.73. The first-order valence-electron chi connectivity index (χ1n) is 4.16. The van der Waals surface area contributed by atoms with Crippen molar-refractivity contribution in [2.24, 2.45) is 0 Å². The average molecular weight is 229 g/mol. The van der Waals surface area contributed by atoms with Crippen LogP contribution in [0.25, 0.3) is 0 Å². The number of ether oxygens (including phenoxy) is 1. The molecule has 0 spiro atoms. The van der Waals surface area contributed by atoms with Gasteiger partial charge in [-0.1, -0.05) is 11.8 Å². The number of carbonyl (C=O) groups is 2. The zero-order valence-electron chi connectivity index (χ0n) is 8.40. The molecule has 15 heavy (non-hydrogen) atoms. The first-order valence-corrected chi connectivity index (χ1v) is 5.38. The van der Waals surface area contributed by atoms with Crippen LogP contribution >= 0.6 is 11.8 Å². The van der Waals surface area contributed by atoms with Crippen molar-refractivity contribution < 1.29 is 18.7 Å². The number of thioether (sulfide) groups is 1. The molecular weight excluding hydrogens is 218 g/mol. The van der Waals surface area contributed by atoms with Crippen LogP contribution in [0.15, 0.2) is 21.6 Å². The maximum Gasteiger partial charge on any atom is 0.325 e. The van der Waals surface area contributed by atoms with E-state index in [1.165, 1.54) is 18.9 Å². The Balaban J connectivity index is 2.50. The Labute approximate surface area is 91.2 Å². The number of rotatable bonds is 4. The fraction of sp³-hybridized carbons (Fsp3) is 0.333. The molecule has 1 rings (SSSR count). The van der Waals surface area contributed by atoms with Crippen LogP contribution in [0.2, 0.25) is 0 Å². The highest BCUT2D eigenvalue weighted by atomic mass is 32.2. The minimum absolute atomic E-state index is 0.162. The summed E-state index contributed by atoms with van der Waals surface area (Å²) in [5.41, 5.74) is 0. The highest BCUT2D eigenvalue weighted by molar-refractivity contribution is 7.98. The Morgan fingerprint density at radius 2 is 2.27 bits per heavy atom. The smallest absolute Gasteiger partial charge is 0.325 e. The summed E-state index contributed by atoms with van der Waals surface area (Å²) in [5, 5.41) is 3.02. The molecule has 0 aliphatic heterocycles. The highest BCUT2D eigenvalue weighted by Gasteiger charge is 2.11. The van der Waals surface area contributed by atoms with Gasteiger partial charge in [-0.3, -0.25) is 9.59 Å². The molecule has 1 amide bonds. The van der Waals surface area contributed by atoms with Crippen molar-refractivity contribution in [3.63, 3.8) is 0 Å². The van der Waals surface area contributed by atoms with Gasteiger partial charge in [-0.2, -0.15) is 0 Å². The van der Waals surface area contributed by atoms with E-state index < -0.39 is 11.9 Å². The summed E-state index contributed by atoms with van der Waals surface area (Å²) < 4.78 is 9.53. The lowest BCUT2D eigenvalue weighted by Crippen LogP contribution is -2.29. The molecule has 1 N–H and O–H groups in total. The van der Waals surface area contributed by atoms with Crippen LogP contribution in [-0.2, 0) is 9.53 Å². The van der Waals surface area contributed by atoms with Gasteiger partial charge in [-0.05, 0) is 18.4 Å². The summed E-state index contributed by atoms with van der Waals surface area (Å²) in [7, 11) is 1.26. The minimum atomic E-state index is -0.500. The number of carbonyl (C=O) groups excluding carboxylic acids is 2. The maximum absolute atomic E-state index is 11.4. The zero-order chi connectivity index (χ0) is 11.3. The number of nitrogens with one attached hydrogen (secondary N) is 1. The van der Waals surface area contributed by atoms with Crippen LogP contribution in [0.4, 0.5) is 0 Å². The van der Waals surface area contributed by atoms with Gasteiger partial charge in [0.25, 0.3) is 5.91 Å². The van der Waals surface area contributed by atoms with E-state index in [0.717, 1.165) is 0 Å². The number of hydrogen-bond donors (Lipinski definition) is 1. The number of amides is 1. The molecule has 0 aliphatic rings. The Hall–Kier alpha value is -1.43. The molecular formula is C9H11NO4S. The average Bonchev–Trinajstić information content (AvgIpc) is 2.73. The summed E-state index contributed by atoms with van der Waals surface area (Å²) in [6.07, 6.45) is 1.84. The third kappa shape index (κ3) is 3.32. The molecule has 0 unspecified atom stereocenters. The number of furan rings is 1. The van der Waals surface area contributed by atoms with Gasteiger partial charge in [0.1, 0.15) is 6.54 Å². The maximum atomic E-state index is 11.4. The van der Waals surface area contributed by atoms with Crippen molar-refractivity contribution >= 4 is 23.6 Å². The number of hydrogen-bond acceptors (Lipinski definition) is 5. The molecule has 1 aromatic heterocycles. The molecule has 0 atom stereocenters. The third-order valence-corrected chi connectivity index (χ3v) is 2.25. The van der Waals surface area contributed by atoms with E-state index in [4.69, 9.17) is 4.42 Å². The molecule has 5 nitrogen and oxygen atoms in total. The molecule has 1 aromatic rings. The molecule has 0 aliphatic carbocycles. The molecule has 1 heterocycles. The lowest BCUT2D eigenvalue weighted by atomic mass is 10.4. The van der Waals surface area contributed by atoms with Gasteiger partial charge in [0.2, 0.25) is 0 Å². The van der Waals surface area contributed by atoms with Crippen molar-refractivity contribution in [3.05, 3.63) is 17.9 Å². The lowest BCUT2D eigenvalue weighted by Gasteiger charge is -2.00. The molecule has 82 valence electrons. The van der Waals surface area contributed by atoms with Gasteiger partial charge in [0.15, 0.2) is 10.9 Å². The summed E-state index contributed by atoms with van der Waals surface area (Å²) in [6, 6.07) is 3.25. The van der Waals surface area contributed by atoms with E-state index in [9.17, 15) is 9.59 Å². The second-order valence-corrected chi connectivity index (χ2v) is 3.39. The third-order valence-electron chi connectivity index (χ3n) is 1.63. The van der Waals surface area contributed by atoms with Crippen LogP contribution in [0.5, 0.6) is 0 Å². The number of methoxy groups -OCH3 is 1. The van der Waals surface area contributed by atoms with E-state index in [1.807, 2.05) is 6.26 Å². The van der Waals surface area contributed by atoms with E-state index in [2.05, 4.69) is 10.1 Å². The van der Waals surface area contributed by atoms with Crippen LogP contribution < -0.4 is 5.32 Å². The van der Waals surface area contributed by atoms with Crippen molar-refractivity contribution in [2.75, 3.05) is 19.9 Å². The van der Waals surface area contributed by atoms with Gasteiger partial charge < -0.3 is 14.5 Å². The van der Waals surface area contributed by atoms with Gasteiger partial charge in [-0.25, -0.2) is 0 Å². The van der Waals surface area contributed by atoms with Crippen molar-refractivity contribution in [3.8, 4) is 0 Å². The second kappa shape index (κ2) is 5.45. The van der Waals surface area contributed by atoms with Gasteiger partial charge in [-0.15, -0.1) is 0 Å².